The van der Waals surface area contributed by atoms with E-state index in [0.717, 1.165) is 15.8 Å². The minimum atomic E-state index is -0.409. The maximum absolute atomic E-state index is 10.6. The van der Waals surface area contributed by atoms with Crippen LogP contribution in [0.2, 0.25) is 0 Å². The summed E-state index contributed by atoms with van der Waals surface area (Å²) in [5, 5.41) is 10.6. The first kappa shape index (κ1) is 15.8. The van der Waals surface area contributed by atoms with Gasteiger partial charge in [-0.3, -0.25) is 0 Å². The molecule has 0 bridgehead atoms. The summed E-state index contributed by atoms with van der Waals surface area (Å²) >= 11 is 3.54. The van der Waals surface area contributed by atoms with Gasteiger partial charge in [-0.15, -0.1) is 0 Å². The highest BCUT2D eigenvalue weighted by Crippen LogP contribution is 2.36. The van der Waals surface area contributed by atoms with Crippen LogP contribution in [0.3, 0.4) is 0 Å². The van der Waals surface area contributed by atoms with Crippen LogP contribution in [0, 0.1) is 11.8 Å². The van der Waals surface area contributed by atoms with Crippen LogP contribution in [0.15, 0.2) is 22.7 Å². The van der Waals surface area contributed by atoms with Crippen molar-refractivity contribution in [1.82, 2.24) is 0 Å². The summed E-state index contributed by atoms with van der Waals surface area (Å²) in [5.41, 5.74) is 1.07. The van der Waals surface area contributed by atoms with Crippen molar-refractivity contribution in [3.8, 4) is 5.75 Å². The number of rotatable bonds is 4. The number of ether oxygens (including phenoxy) is 2. The largest absolute Gasteiger partial charge is 0.497 e. The summed E-state index contributed by atoms with van der Waals surface area (Å²) in [6.45, 7) is 6.28. The monoisotopic (exact) mass is 342 g/mol. The highest BCUT2D eigenvalue weighted by molar-refractivity contribution is 9.10. The van der Waals surface area contributed by atoms with Crippen LogP contribution in [0.5, 0.6) is 5.75 Å². The summed E-state index contributed by atoms with van der Waals surface area (Å²) in [4.78, 5) is 0. The lowest BCUT2D eigenvalue weighted by atomic mass is 9.82. The van der Waals surface area contributed by atoms with E-state index in [-0.39, 0.29) is 18.1 Å². The molecule has 1 aliphatic heterocycles. The molecule has 3 nitrogen and oxygen atoms in total. The molecule has 0 radical (unpaired) electrons. The number of aliphatic hydroxyl groups excluding tert-OH is 1. The van der Waals surface area contributed by atoms with E-state index in [4.69, 9.17) is 9.47 Å². The van der Waals surface area contributed by atoms with E-state index < -0.39 is 6.10 Å². The van der Waals surface area contributed by atoms with Crippen molar-refractivity contribution in [1.29, 1.82) is 0 Å². The zero-order valence-corrected chi connectivity index (χ0v) is 14.1. The standard InChI is InChI=1S/C16H23BrO3/c1-9-10(2)20-11(3)16(9)15(18)8-12-7-13(19-4)5-6-14(12)17/h5-7,9-11,15-16,18H,8H2,1-4H3. The number of benzene rings is 1. The molecule has 4 heteroatoms. The van der Waals surface area contributed by atoms with E-state index in [1.165, 1.54) is 0 Å². The average Bonchev–Trinajstić information content (AvgIpc) is 2.66. The number of halogens is 1. The van der Waals surface area contributed by atoms with Crippen molar-refractivity contribution in [3.05, 3.63) is 28.2 Å². The van der Waals surface area contributed by atoms with Crippen LogP contribution in [0.25, 0.3) is 0 Å². The Kier molecular flexibility index (Phi) is 5.10. The minimum Gasteiger partial charge on any atom is -0.497 e. The number of hydrogen-bond acceptors (Lipinski definition) is 3. The highest BCUT2D eigenvalue weighted by atomic mass is 79.9. The van der Waals surface area contributed by atoms with Crippen LogP contribution in [-0.2, 0) is 11.2 Å². The highest BCUT2D eigenvalue weighted by Gasteiger charge is 2.41. The fourth-order valence-electron chi connectivity index (χ4n) is 3.15. The van der Waals surface area contributed by atoms with Gasteiger partial charge in [0.05, 0.1) is 25.4 Å². The van der Waals surface area contributed by atoms with Crippen molar-refractivity contribution in [2.45, 2.75) is 45.5 Å². The Morgan fingerprint density at radius 2 is 2.00 bits per heavy atom. The smallest absolute Gasteiger partial charge is 0.119 e. The fourth-order valence-corrected chi connectivity index (χ4v) is 3.56. The molecule has 0 aromatic heterocycles. The molecule has 112 valence electrons. The van der Waals surface area contributed by atoms with Crippen LogP contribution in [0.4, 0.5) is 0 Å². The molecular formula is C16H23BrO3. The molecule has 1 heterocycles. The molecule has 1 N–H and O–H groups in total. The Labute approximate surface area is 129 Å². The van der Waals surface area contributed by atoms with Gasteiger partial charge < -0.3 is 14.6 Å². The second-order valence-corrected chi connectivity index (χ2v) is 6.57. The molecule has 5 atom stereocenters. The Morgan fingerprint density at radius 1 is 1.30 bits per heavy atom. The van der Waals surface area contributed by atoms with E-state index in [1.807, 2.05) is 18.2 Å². The first-order chi connectivity index (χ1) is 9.43. The van der Waals surface area contributed by atoms with Gasteiger partial charge in [-0.25, -0.2) is 0 Å². The van der Waals surface area contributed by atoms with Gasteiger partial charge in [0.15, 0.2) is 0 Å². The summed E-state index contributed by atoms with van der Waals surface area (Å²) in [7, 11) is 1.65. The van der Waals surface area contributed by atoms with Gasteiger partial charge in [0.25, 0.3) is 0 Å². The van der Waals surface area contributed by atoms with E-state index in [9.17, 15) is 5.11 Å². The predicted molar refractivity (Wildman–Crippen MR) is 83.1 cm³/mol. The molecular weight excluding hydrogens is 320 g/mol. The van der Waals surface area contributed by atoms with E-state index in [2.05, 4.69) is 36.7 Å². The zero-order chi connectivity index (χ0) is 14.9. The van der Waals surface area contributed by atoms with Gasteiger partial charge in [0, 0.05) is 10.4 Å². The summed E-state index contributed by atoms with van der Waals surface area (Å²) in [6.07, 6.45) is 0.499. The maximum Gasteiger partial charge on any atom is 0.119 e. The topological polar surface area (TPSA) is 38.7 Å². The molecule has 0 spiro atoms. The minimum absolute atomic E-state index is 0.0967. The maximum atomic E-state index is 10.6. The normalized spacial score (nSPS) is 31.3. The zero-order valence-electron chi connectivity index (χ0n) is 12.5. The van der Waals surface area contributed by atoms with Crippen LogP contribution >= 0.6 is 15.9 Å². The predicted octanol–water partition coefficient (Wildman–Crippen LogP) is 3.42. The van der Waals surface area contributed by atoms with Crippen LogP contribution < -0.4 is 4.74 Å². The van der Waals surface area contributed by atoms with Crippen molar-refractivity contribution in [2.24, 2.45) is 11.8 Å². The molecule has 0 saturated carbocycles. The molecule has 1 fully saturated rings. The second kappa shape index (κ2) is 6.46. The average molecular weight is 343 g/mol. The Hall–Kier alpha value is -0.580. The summed E-state index contributed by atoms with van der Waals surface area (Å²) in [6, 6.07) is 5.84. The van der Waals surface area contributed by atoms with Gasteiger partial charge in [0.2, 0.25) is 0 Å². The van der Waals surface area contributed by atoms with Crippen molar-refractivity contribution >= 4 is 15.9 Å². The lowest BCUT2D eigenvalue weighted by Crippen LogP contribution is -2.32. The third kappa shape index (κ3) is 3.18. The summed E-state index contributed by atoms with van der Waals surface area (Å²) in [5.74, 6) is 1.35. The third-order valence-electron chi connectivity index (χ3n) is 4.45. The Morgan fingerprint density at radius 3 is 2.55 bits per heavy atom. The second-order valence-electron chi connectivity index (χ2n) is 5.71. The van der Waals surface area contributed by atoms with Crippen LogP contribution in [0.1, 0.15) is 26.3 Å². The van der Waals surface area contributed by atoms with Crippen molar-refractivity contribution < 1.29 is 14.6 Å². The summed E-state index contributed by atoms with van der Waals surface area (Å²) < 4.78 is 12.1. The lowest BCUT2D eigenvalue weighted by Gasteiger charge is -2.25. The van der Waals surface area contributed by atoms with E-state index >= 15 is 0 Å². The molecule has 1 saturated heterocycles. The molecule has 20 heavy (non-hydrogen) atoms. The van der Waals surface area contributed by atoms with Gasteiger partial charge in [-0.1, -0.05) is 22.9 Å². The molecule has 1 aromatic rings. The SMILES string of the molecule is COc1ccc(Br)c(CC(O)C2C(C)OC(C)C2C)c1. The van der Waals surface area contributed by atoms with E-state index in [0.29, 0.717) is 12.3 Å². The van der Waals surface area contributed by atoms with E-state index in [1.54, 1.807) is 7.11 Å². The first-order valence-electron chi connectivity index (χ1n) is 7.10. The Bertz CT molecular complexity index is 463. The number of methoxy groups -OCH3 is 1. The fraction of sp³-hybridized carbons (Fsp3) is 0.625. The molecule has 1 aromatic carbocycles. The van der Waals surface area contributed by atoms with Gasteiger partial charge >= 0.3 is 0 Å². The third-order valence-corrected chi connectivity index (χ3v) is 5.22. The van der Waals surface area contributed by atoms with Crippen LogP contribution in [-0.4, -0.2) is 30.5 Å². The van der Waals surface area contributed by atoms with Crippen molar-refractivity contribution in [2.75, 3.05) is 7.11 Å². The molecule has 0 amide bonds. The lowest BCUT2D eigenvalue weighted by molar-refractivity contribution is 0.0239. The quantitative estimate of drug-likeness (QED) is 0.910. The number of aliphatic hydroxyl groups is 1. The number of hydrogen-bond donors (Lipinski definition) is 1. The molecule has 2 rings (SSSR count). The van der Waals surface area contributed by atoms with Gasteiger partial charge in [0.1, 0.15) is 5.75 Å². The van der Waals surface area contributed by atoms with Crippen molar-refractivity contribution in [3.63, 3.8) is 0 Å². The van der Waals surface area contributed by atoms with Gasteiger partial charge in [-0.05, 0) is 49.9 Å². The van der Waals surface area contributed by atoms with Gasteiger partial charge in [-0.2, -0.15) is 0 Å². The Balaban J connectivity index is 2.13. The molecule has 1 aliphatic rings. The molecule has 0 aliphatic carbocycles. The first-order valence-corrected chi connectivity index (χ1v) is 7.89. The molecule has 5 unspecified atom stereocenters.